The van der Waals surface area contributed by atoms with Crippen LogP contribution in [0.25, 0.3) is 10.9 Å². The molecule has 0 aliphatic carbocycles. The van der Waals surface area contributed by atoms with Crippen molar-refractivity contribution in [1.82, 2.24) is 25.1 Å². The van der Waals surface area contributed by atoms with Gasteiger partial charge in [-0.05, 0) is 24.6 Å². The van der Waals surface area contributed by atoms with Crippen molar-refractivity contribution in [2.24, 2.45) is 0 Å². The van der Waals surface area contributed by atoms with Gasteiger partial charge in [0.1, 0.15) is 11.4 Å². The molecule has 3 rings (SSSR count). The van der Waals surface area contributed by atoms with Crippen molar-refractivity contribution in [3.8, 4) is 5.75 Å². The number of ether oxygens (including phenoxy) is 1. The highest BCUT2D eigenvalue weighted by molar-refractivity contribution is 6.04. The molecule has 3 aromatic heterocycles. The number of carbonyl (C=O) groups is 1. The Labute approximate surface area is 178 Å². The zero-order valence-corrected chi connectivity index (χ0v) is 16.4. The van der Waals surface area contributed by atoms with E-state index in [2.05, 4.69) is 25.1 Å². The topological polar surface area (TPSA) is 102 Å². The number of alkyl halides is 5. The van der Waals surface area contributed by atoms with Gasteiger partial charge < -0.3 is 15.2 Å². The number of amides is 1. The zero-order valence-electron chi connectivity index (χ0n) is 16.4. The van der Waals surface area contributed by atoms with E-state index in [0.717, 1.165) is 6.20 Å². The number of halogens is 5. The van der Waals surface area contributed by atoms with Gasteiger partial charge in [0.15, 0.2) is 6.61 Å². The molecule has 172 valence electrons. The summed E-state index contributed by atoms with van der Waals surface area (Å²) in [6.45, 7) is -1.48. The van der Waals surface area contributed by atoms with E-state index in [1.54, 1.807) is 12.3 Å². The Morgan fingerprint density at radius 3 is 2.59 bits per heavy atom. The number of nitrogens with zero attached hydrogens (tertiary/aromatic N) is 4. The Morgan fingerprint density at radius 2 is 1.94 bits per heavy atom. The number of aromatic nitrogens is 4. The second-order valence-electron chi connectivity index (χ2n) is 6.73. The second-order valence-corrected chi connectivity index (χ2v) is 6.73. The van der Waals surface area contributed by atoms with Gasteiger partial charge in [0, 0.05) is 25.5 Å². The SMILES string of the molecule is O=C(NCCCO)c1nccc2nn(Cc3ccc(OCC(F)(F)C(F)(F)F)cn3)cc12. The van der Waals surface area contributed by atoms with Crippen molar-refractivity contribution in [3.63, 3.8) is 0 Å². The van der Waals surface area contributed by atoms with Crippen molar-refractivity contribution < 1.29 is 36.6 Å². The fourth-order valence-electron chi connectivity index (χ4n) is 2.63. The maximum absolute atomic E-state index is 12.9. The summed E-state index contributed by atoms with van der Waals surface area (Å²) in [5.41, 5.74) is 1.09. The van der Waals surface area contributed by atoms with Gasteiger partial charge in [-0.1, -0.05) is 0 Å². The summed E-state index contributed by atoms with van der Waals surface area (Å²) in [7, 11) is 0. The Hall–Kier alpha value is -3.35. The first-order chi connectivity index (χ1) is 15.1. The third-order valence-corrected chi connectivity index (χ3v) is 4.27. The predicted molar refractivity (Wildman–Crippen MR) is 101 cm³/mol. The lowest BCUT2D eigenvalue weighted by molar-refractivity contribution is -0.290. The summed E-state index contributed by atoms with van der Waals surface area (Å²) in [4.78, 5) is 20.3. The molecule has 0 aliphatic heterocycles. The van der Waals surface area contributed by atoms with Crippen LogP contribution in [0.15, 0.2) is 36.8 Å². The van der Waals surface area contributed by atoms with Gasteiger partial charge in [-0.25, -0.2) is 0 Å². The molecule has 1 amide bonds. The van der Waals surface area contributed by atoms with Gasteiger partial charge >= 0.3 is 12.1 Å². The molecule has 0 unspecified atom stereocenters. The summed E-state index contributed by atoms with van der Waals surface area (Å²) >= 11 is 0. The second kappa shape index (κ2) is 9.42. The molecule has 32 heavy (non-hydrogen) atoms. The largest absolute Gasteiger partial charge is 0.485 e. The third kappa shape index (κ3) is 5.46. The minimum absolute atomic E-state index is 0.0581. The van der Waals surface area contributed by atoms with Crippen LogP contribution in [0.3, 0.4) is 0 Å². The molecule has 0 atom stereocenters. The van der Waals surface area contributed by atoms with Crippen LogP contribution in [-0.4, -0.2) is 62.6 Å². The van der Waals surface area contributed by atoms with E-state index in [-0.39, 0.29) is 31.1 Å². The van der Waals surface area contributed by atoms with Crippen LogP contribution in [0.4, 0.5) is 22.0 Å². The molecule has 3 heterocycles. The van der Waals surface area contributed by atoms with E-state index in [1.807, 2.05) is 0 Å². The van der Waals surface area contributed by atoms with Crippen molar-refractivity contribution in [3.05, 3.63) is 48.2 Å². The lowest BCUT2D eigenvalue weighted by Crippen LogP contribution is -2.41. The summed E-state index contributed by atoms with van der Waals surface area (Å²) in [6, 6.07) is 4.23. The monoisotopic (exact) mass is 459 g/mol. The average Bonchev–Trinajstić information content (AvgIpc) is 3.15. The molecule has 0 fully saturated rings. The lowest BCUT2D eigenvalue weighted by atomic mass is 10.2. The van der Waals surface area contributed by atoms with Crippen LogP contribution in [0.1, 0.15) is 22.6 Å². The number of aliphatic hydroxyl groups is 1. The Balaban J connectivity index is 1.68. The predicted octanol–water partition coefficient (Wildman–Crippen LogP) is 2.56. The minimum Gasteiger partial charge on any atom is -0.485 e. The summed E-state index contributed by atoms with van der Waals surface area (Å²) < 4.78 is 68.4. The zero-order chi connectivity index (χ0) is 23.4. The van der Waals surface area contributed by atoms with E-state index in [1.165, 1.54) is 23.0 Å². The van der Waals surface area contributed by atoms with Crippen molar-refractivity contribution in [2.45, 2.75) is 25.1 Å². The molecule has 0 saturated heterocycles. The highest BCUT2D eigenvalue weighted by atomic mass is 19.4. The van der Waals surface area contributed by atoms with E-state index in [9.17, 15) is 26.7 Å². The summed E-state index contributed by atoms with van der Waals surface area (Å²) in [6.07, 6.45) is -1.25. The van der Waals surface area contributed by atoms with E-state index in [4.69, 9.17) is 5.11 Å². The molecule has 0 spiro atoms. The smallest absolute Gasteiger partial charge is 0.456 e. The number of aliphatic hydroxyl groups excluding tert-OH is 1. The van der Waals surface area contributed by atoms with Crippen molar-refractivity contribution in [2.75, 3.05) is 19.8 Å². The number of hydrogen-bond acceptors (Lipinski definition) is 6. The first-order valence-electron chi connectivity index (χ1n) is 9.34. The summed E-state index contributed by atoms with van der Waals surface area (Å²) in [5, 5.41) is 16.3. The van der Waals surface area contributed by atoms with Crippen LogP contribution in [0, 0.1) is 0 Å². The Bertz CT molecular complexity index is 1070. The van der Waals surface area contributed by atoms with Gasteiger partial charge in [0.25, 0.3) is 5.91 Å². The number of carbonyl (C=O) groups excluding carboxylic acids is 1. The van der Waals surface area contributed by atoms with Crippen LogP contribution in [-0.2, 0) is 6.54 Å². The number of nitrogens with one attached hydrogen (secondary N) is 1. The molecule has 0 radical (unpaired) electrons. The maximum atomic E-state index is 12.9. The molecule has 3 aromatic rings. The molecule has 0 aliphatic rings. The molecule has 0 aromatic carbocycles. The van der Waals surface area contributed by atoms with Gasteiger partial charge in [-0.15, -0.1) is 0 Å². The van der Waals surface area contributed by atoms with Crippen LogP contribution in [0.2, 0.25) is 0 Å². The summed E-state index contributed by atoms with van der Waals surface area (Å²) in [5.74, 6) is -5.63. The minimum atomic E-state index is -5.70. The molecule has 0 bridgehead atoms. The van der Waals surface area contributed by atoms with Gasteiger partial charge in [-0.2, -0.15) is 27.1 Å². The van der Waals surface area contributed by atoms with Crippen molar-refractivity contribution >= 4 is 16.8 Å². The average molecular weight is 459 g/mol. The van der Waals surface area contributed by atoms with E-state index < -0.39 is 24.6 Å². The molecule has 0 saturated carbocycles. The number of rotatable bonds is 9. The van der Waals surface area contributed by atoms with Gasteiger partial charge in [-0.3, -0.25) is 19.4 Å². The van der Waals surface area contributed by atoms with Gasteiger partial charge in [0.05, 0.1) is 29.3 Å². The number of hydrogen-bond donors (Lipinski definition) is 2. The first kappa shape index (κ1) is 23.3. The van der Waals surface area contributed by atoms with Crippen LogP contribution >= 0.6 is 0 Å². The van der Waals surface area contributed by atoms with Crippen LogP contribution < -0.4 is 10.1 Å². The molecule has 8 nitrogen and oxygen atoms in total. The normalized spacial score (nSPS) is 12.2. The Kier molecular flexibility index (Phi) is 6.87. The maximum Gasteiger partial charge on any atom is 0.456 e. The highest BCUT2D eigenvalue weighted by Crippen LogP contribution is 2.35. The quantitative estimate of drug-likeness (QED) is 0.377. The Morgan fingerprint density at radius 1 is 1.16 bits per heavy atom. The third-order valence-electron chi connectivity index (χ3n) is 4.27. The highest BCUT2D eigenvalue weighted by Gasteiger charge is 2.58. The number of fused-ring (bicyclic) bond motifs is 1. The van der Waals surface area contributed by atoms with E-state index in [0.29, 0.717) is 23.0 Å². The lowest BCUT2D eigenvalue weighted by Gasteiger charge is -2.19. The van der Waals surface area contributed by atoms with Crippen molar-refractivity contribution in [1.29, 1.82) is 0 Å². The standard InChI is InChI=1S/C19H18F5N5O3/c20-18(21,19(22,23)24)11-32-13-3-2-12(27-8-13)9-29-10-14-15(28-29)4-6-25-16(14)17(31)26-5-1-7-30/h2-4,6,8,10,30H,1,5,7,9,11H2,(H,26,31). The van der Waals surface area contributed by atoms with Crippen LogP contribution in [0.5, 0.6) is 5.75 Å². The van der Waals surface area contributed by atoms with E-state index >= 15 is 0 Å². The molecular formula is C19H18F5N5O3. The molecule has 13 heteroatoms. The molecule has 2 N–H and O–H groups in total. The fraction of sp³-hybridized carbons (Fsp3) is 0.368. The molecular weight excluding hydrogens is 441 g/mol. The number of pyridine rings is 2. The fourth-order valence-corrected chi connectivity index (χ4v) is 2.63. The van der Waals surface area contributed by atoms with Gasteiger partial charge in [0.2, 0.25) is 0 Å². The first-order valence-corrected chi connectivity index (χ1v) is 9.34.